The Morgan fingerprint density at radius 2 is 2.15 bits per heavy atom. The summed E-state index contributed by atoms with van der Waals surface area (Å²) in [5.74, 6) is 0.539. The highest BCUT2D eigenvalue weighted by Gasteiger charge is 2.08. The molecular formula is C14H13N3O3. The molecule has 6 heteroatoms. The van der Waals surface area contributed by atoms with Gasteiger partial charge >= 0.3 is 0 Å². The summed E-state index contributed by atoms with van der Waals surface area (Å²) in [6, 6.07) is 9.78. The van der Waals surface area contributed by atoms with Gasteiger partial charge in [0.25, 0.3) is 5.69 Å². The summed E-state index contributed by atoms with van der Waals surface area (Å²) < 4.78 is 0. The van der Waals surface area contributed by atoms with E-state index in [2.05, 4.69) is 10.3 Å². The number of carbonyl (C=O) groups excluding carboxylic acids is 1. The number of pyridine rings is 1. The molecule has 1 N–H and O–H groups in total. The molecule has 2 rings (SSSR count). The van der Waals surface area contributed by atoms with Crippen molar-refractivity contribution in [1.29, 1.82) is 0 Å². The van der Waals surface area contributed by atoms with Crippen molar-refractivity contribution in [2.45, 2.75) is 13.3 Å². The van der Waals surface area contributed by atoms with E-state index < -0.39 is 4.92 Å². The van der Waals surface area contributed by atoms with Crippen LogP contribution in [-0.2, 0) is 11.2 Å². The van der Waals surface area contributed by atoms with Crippen molar-refractivity contribution >= 4 is 23.5 Å². The topological polar surface area (TPSA) is 85.1 Å². The molecule has 0 saturated carbocycles. The number of anilines is 2. The van der Waals surface area contributed by atoms with Gasteiger partial charge in [0.15, 0.2) is 0 Å². The Morgan fingerprint density at radius 1 is 1.35 bits per heavy atom. The smallest absolute Gasteiger partial charge is 0.271 e. The number of hydrogen-bond acceptors (Lipinski definition) is 5. The molecule has 0 aliphatic carbocycles. The molecule has 0 bridgehead atoms. The molecule has 0 spiro atoms. The molecule has 1 aromatic heterocycles. The minimum absolute atomic E-state index is 0.000379. The van der Waals surface area contributed by atoms with Gasteiger partial charge in [-0.25, -0.2) is 4.98 Å². The van der Waals surface area contributed by atoms with Gasteiger partial charge in [-0.3, -0.25) is 10.1 Å². The second kappa shape index (κ2) is 5.92. The number of carbonyl (C=O) groups is 1. The standard InChI is InChI=1S/C14H13N3O3/c1-10-5-6-11(7-8-18)14(15-10)16-12-3-2-4-13(9-12)17(19)20/h2-6,8-9H,7H2,1H3,(H,15,16). The maximum Gasteiger partial charge on any atom is 0.271 e. The Morgan fingerprint density at radius 3 is 2.85 bits per heavy atom. The summed E-state index contributed by atoms with van der Waals surface area (Å²) in [6.45, 7) is 1.84. The zero-order valence-corrected chi connectivity index (χ0v) is 10.9. The number of aryl methyl sites for hydroxylation is 1. The molecule has 20 heavy (non-hydrogen) atoms. The van der Waals surface area contributed by atoms with Gasteiger partial charge in [0.05, 0.1) is 4.92 Å². The number of benzene rings is 1. The molecule has 102 valence electrons. The Kier molecular flexibility index (Phi) is 4.05. The van der Waals surface area contributed by atoms with Crippen LogP contribution in [-0.4, -0.2) is 16.2 Å². The van der Waals surface area contributed by atoms with Crippen molar-refractivity contribution in [3.8, 4) is 0 Å². The van der Waals surface area contributed by atoms with E-state index in [1.807, 2.05) is 19.1 Å². The number of nitrogens with one attached hydrogen (secondary N) is 1. The lowest BCUT2D eigenvalue weighted by Gasteiger charge is -2.10. The fourth-order valence-electron chi connectivity index (χ4n) is 1.78. The van der Waals surface area contributed by atoms with E-state index in [0.29, 0.717) is 11.5 Å². The van der Waals surface area contributed by atoms with Gasteiger partial charge in [0.2, 0.25) is 0 Å². The highest BCUT2D eigenvalue weighted by molar-refractivity contribution is 5.66. The van der Waals surface area contributed by atoms with E-state index in [1.165, 1.54) is 12.1 Å². The number of nitro benzene ring substituents is 1. The van der Waals surface area contributed by atoms with E-state index in [1.54, 1.807) is 12.1 Å². The normalized spacial score (nSPS) is 10.1. The molecule has 1 aromatic carbocycles. The summed E-state index contributed by atoms with van der Waals surface area (Å²) in [4.78, 5) is 25.3. The highest BCUT2D eigenvalue weighted by Crippen LogP contribution is 2.23. The minimum Gasteiger partial charge on any atom is -0.340 e. The zero-order valence-electron chi connectivity index (χ0n) is 10.9. The van der Waals surface area contributed by atoms with Gasteiger partial charge in [-0.2, -0.15) is 0 Å². The molecule has 0 unspecified atom stereocenters. The number of rotatable bonds is 5. The lowest BCUT2D eigenvalue weighted by Crippen LogP contribution is -2.01. The van der Waals surface area contributed by atoms with Crippen LogP contribution in [0.5, 0.6) is 0 Å². The van der Waals surface area contributed by atoms with Crippen LogP contribution in [0.15, 0.2) is 36.4 Å². The van der Waals surface area contributed by atoms with Crippen LogP contribution in [0.1, 0.15) is 11.3 Å². The van der Waals surface area contributed by atoms with Gasteiger partial charge < -0.3 is 10.1 Å². The van der Waals surface area contributed by atoms with Crippen LogP contribution in [0.3, 0.4) is 0 Å². The third kappa shape index (κ3) is 3.17. The van der Waals surface area contributed by atoms with Crippen LogP contribution < -0.4 is 5.32 Å². The Bertz CT molecular complexity index is 656. The maximum atomic E-state index is 10.7. The number of nitro groups is 1. The molecule has 0 saturated heterocycles. The molecule has 1 heterocycles. The lowest BCUT2D eigenvalue weighted by atomic mass is 10.1. The molecular weight excluding hydrogens is 258 g/mol. The fraction of sp³-hybridized carbons (Fsp3) is 0.143. The van der Waals surface area contributed by atoms with Crippen LogP contribution in [0.25, 0.3) is 0 Å². The number of nitrogens with zero attached hydrogens (tertiary/aromatic N) is 2. The molecule has 0 aliphatic heterocycles. The summed E-state index contributed by atoms with van der Waals surface area (Å²) in [6.07, 6.45) is 1.04. The van der Waals surface area contributed by atoms with E-state index in [9.17, 15) is 14.9 Å². The number of non-ortho nitro benzene ring substituents is 1. The van der Waals surface area contributed by atoms with Crippen LogP contribution in [0, 0.1) is 17.0 Å². The van der Waals surface area contributed by atoms with Crippen molar-refractivity contribution in [3.63, 3.8) is 0 Å². The van der Waals surface area contributed by atoms with Crippen LogP contribution in [0.2, 0.25) is 0 Å². The van der Waals surface area contributed by atoms with Crippen molar-refractivity contribution < 1.29 is 9.72 Å². The molecule has 0 aliphatic rings. The Labute approximate surface area is 115 Å². The van der Waals surface area contributed by atoms with Crippen molar-refractivity contribution in [3.05, 3.63) is 57.8 Å². The van der Waals surface area contributed by atoms with Crippen molar-refractivity contribution in [1.82, 2.24) is 4.98 Å². The molecule has 0 amide bonds. The highest BCUT2D eigenvalue weighted by atomic mass is 16.6. The van der Waals surface area contributed by atoms with E-state index >= 15 is 0 Å². The first-order valence-electron chi connectivity index (χ1n) is 6.02. The van der Waals surface area contributed by atoms with E-state index in [4.69, 9.17) is 0 Å². The average molecular weight is 271 g/mol. The van der Waals surface area contributed by atoms with Gasteiger partial charge in [-0.05, 0) is 19.1 Å². The Hall–Kier alpha value is -2.76. The van der Waals surface area contributed by atoms with E-state index in [-0.39, 0.29) is 12.1 Å². The molecule has 0 fully saturated rings. The van der Waals surface area contributed by atoms with Crippen LogP contribution >= 0.6 is 0 Å². The summed E-state index contributed by atoms with van der Waals surface area (Å²) in [5.41, 5.74) is 2.11. The molecule has 2 aromatic rings. The maximum absolute atomic E-state index is 10.7. The molecule has 6 nitrogen and oxygen atoms in total. The van der Waals surface area contributed by atoms with Crippen molar-refractivity contribution in [2.75, 3.05) is 5.32 Å². The zero-order chi connectivity index (χ0) is 14.5. The third-order valence-corrected chi connectivity index (χ3v) is 2.74. The lowest BCUT2D eigenvalue weighted by molar-refractivity contribution is -0.384. The second-order valence-electron chi connectivity index (χ2n) is 4.26. The largest absolute Gasteiger partial charge is 0.340 e. The van der Waals surface area contributed by atoms with Gasteiger partial charge in [-0.1, -0.05) is 12.1 Å². The summed E-state index contributed by atoms with van der Waals surface area (Å²) >= 11 is 0. The SMILES string of the molecule is Cc1ccc(CC=O)c(Nc2cccc([N+](=O)[O-])c2)n1. The first kappa shape index (κ1) is 13.7. The first-order valence-corrected chi connectivity index (χ1v) is 6.02. The number of hydrogen-bond donors (Lipinski definition) is 1. The number of aromatic nitrogens is 1. The second-order valence-corrected chi connectivity index (χ2v) is 4.26. The van der Waals surface area contributed by atoms with Gasteiger partial charge in [-0.15, -0.1) is 0 Å². The van der Waals surface area contributed by atoms with Gasteiger partial charge in [0.1, 0.15) is 12.1 Å². The fourth-order valence-corrected chi connectivity index (χ4v) is 1.78. The molecule has 0 atom stereocenters. The monoisotopic (exact) mass is 271 g/mol. The predicted octanol–water partition coefficient (Wildman–Crippen LogP) is 2.78. The van der Waals surface area contributed by atoms with Gasteiger partial charge in [0, 0.05) is 35.5 Å². The summed E-state index contributed by atoms with van der Waals surface area (Å²) in [7, 11) is 0. The summed E-state index contributed by atoms with van der Waals surface area (Å²) in [5, 5.41) is 13.8. The Balaban J connectivity index is 2.33. The predicted molar refractivity (Wildman–Crippen MR) is 75.1 cm³/mol. The average Bonchev–Trinajstić information content (AvgIpc) is 2.42. The minimum atomic E-state index is -0.457. The first-order chi connectivity index (χ1) is 9.60. The van der Waals surface area contributed by atoms with E-state index in [0.717, 1.165) is 17.5 Å². The number of aldehydes is 1. The quantitative estimate of drug-likeness (QED) is 0.513. The molecule has 0 radical (unpaired) electrons. The third-order valence-electron chi connectivity index (χ3n) is 2.74. The van der Waals surface area contributed by atoms with Crippen LogP contribution in [0.4, 0.5) is 17.2 Å². The van der Waals surface area contributed by atoms with Crippen molar-refractivity contribution in [2.24, 2.45) is 0 Å².